The summed E-state index contributed by atoms with van der Waals surface area (Å²) in [6, 6.07) is 9.57. The molecule has 1 aliphatic carbocycles. The van der Waals surface area contributed by atoms with Gasteiger partial charge in [0.1, 0.15) is 7.05 Å². The first-order valence-corrected chi connectivity index (χ1v) is 14.1. The molecule has 2 heteroatoms. The molecule has 2 aromatic rings. The van der Waals surface area contributed by atoms with E-state index in [2.05, 4.69) is 89.4 Å². The van der Waals surface area contributed by atoms with Gasteiger partial charge in [-0.15, -0.1) is 0 Å². The number of benzene rings is 1. The Bertz CT molecular complexity index is 831. The van der Waals surface area contributed by atoms with Crippen LogP contribution in [-0.4, -0.2) is 8.07 Å². The second kappa shape index (κ2) is 7.20. The van der Waals surface area contributed by atoms with Crippen molar-refractivity contribution in [1.29, 1.82) is 0 Å². The van der Waals surface area contributed by atoms with Crippen LogP contribution in [0.2, 0.25) is 19.6 Å². The Hall–Kier alpha value is -1.41. The van der Waals surface area contributed by atoms with Crippen LogP contribution in [0.1, 0.15) is 69.1 Å². The summed E-state index contributed by atoms with van der Waals surface area (Å²) in [5.74, 6) is 0.772. The number of hydrogen-bond acceptors (Lipinski definition) is 0. The molecule has 1 fully saturated rings. The van der Waals surface area contributed by atoms with E-state index in [0.29, 0.717) is 0 Å². The van der Waals surface area contributed by atoms with Gasteiger partial charge in [-0.3, -0.25) is 0 Å². The molecule has 1 aliphatic rings. The van der Waals surface area contributed by atoms with E-state index in [-0.39, 0.29) is 5.41 Å². The van der Waals surface area contributed by atoms with E-state index in [1.54, 1.807) is 10.8 Å². The van der Waals surface area contributed by atoms with Crippen LogP contribution in [0.15, 0.2) is 30.5 Å². The minimum Gasteiger partial charge on any atom is -0.201 e. The Morgan fingerprint density at radius 3 is 2.19 bits per heavy atom. The quantitative estimate of drug-likeness (QED) is 0.455. The summed E-state index contributed by atoms with van der Waals surface area (Å²) >= 11 is 0. The molecule has 0 bridgehead atoms. The largest absolute Gasteiger partial charge is 0.212 e. The van der Waals surface area contributed by atoms with Gasteiger partial charge in [0, 0.05) is 17.2 Å². The van der Waals surface area contributed by atoms with Crippen molar-refractivity contribution < 1.29 is 4.57 Å². The van der Waals surface area contributed by atoms with Crippen LogP contribution >= 0.6 is 0 Å². The molecular weight excluding hydrogens is 342 g/mol. The Balaban J connectivity index is 2.20. The maximum absolute atomic E-state index is 2.55. The van der Waals surface area contributed by atoms with E-state index < -0.39 is 8.07 Å². The smallest absolute Gasteiger partial charge is 0.201 e. The van der Waals surface area contributed by atoms with Gasteiger partial charge in [0.15, 0.2) is 6.20 Å². The Kier molecular flexibility index (Phi) is 5.42. The second-order valence-corrected chi connectivity index (χ2v) is 15.7. The Morgan fingerprint density at radius 1 is 1.00 bits per heavy atom. The SMILES string of the molecule is Cc1ccc(C(C)(C)C)cc1-c1cc([Si](C)(C)C)c(C2CCCC2)c[n+]1C. The highest BCUT2D eigenvalue weighted by atomic mass is 28.3. The molecule has 1 aromatic heterocycles. The molecule has 1 saturated carbocycles. The van der Waals surface area contributed by atoms with E-state index in [1.807, 2.05) is 0 Å². The van der Waals surface area contributed by atoms with Crippen molar-refractivity contribution in [3.05, 3.63) is 47.2 Å². The number of nitrogens with zero attached hydrogens (tertiary/aromatic N) is 1. The van der Waals surface area contributed by atoms with Crippen molar-refractivity contribution in [3.8, 4) is 11.3 Å². The predicted molar refractivity (Wildman–Crippen MR) is 121 cm³/mol. The predicted octanol–water partition coefficient (Wildman–Crippen LogP) is 5.99. The molecule has 0 spiro atoms. The lowest BCUT2D eigenvalue weighted by Gasteiger charge is -2.24. The van der Waals surface area contributed by atoms with Crippen LogP contribution < -0.4 is 9.75 Å². The van der Waals surface area contributed by atoms with Gasteiger partial charge in [-0.2, -0.15) is 0 Å². The fourth-order valence-electron chi connectivity index (χ4n) is 4.51. The van der Waals surface area contributed by atoms with Crippen LogP contribution in [0.4, 0.5) is 0 Å². The van der Waals surface area contributed by atoms with Gasteiger partial charge in [-0.1, -0.05) is 65.4 Å². The number of rotatable bonds is 3. The van der Waals surface area contributed by atoms with Crippen molar-refractivity contribution in [3.63, 3.8) is 0 Å². The van der Waals surface area contributed by atoms with Crippen LogP contribution in [0.25, 0.3) is 11.3 Å². The van der Waals surface area contributed by atoms with Crippen molar-refractivity contribution in [2.75, 3.05) is 0 Å². The first-order chi connectivity index (χ1) is 12.5. The molecule has 3 rings (SSSR count). The van der Waals surface area contributed by atoms with E-state index in [0.717, 1.165) is 5.92 Å². The Morgan fingerprint density at radius 2 is 1.63 bits per heavy atom. The first-order valence-electron chi connectivity index (χ1n) is 10.6. The fourth-order valence-corrected chi connectivity index (χ4v) is 6.22. The summed E-state index contributed by atoms with van der Waals surface area (Å²) in [6.45, 7) is 16.7. The van der Waals surface area contributed by atoms with Crippen LogP contribution in [-0.2, 0) is 12.5 Å². The molecule has 0 saturated heterocycles. The van der Waals surface area contributed by atoms with E-state index in [4.69, 9.17) is 0 Å². The monoisotopic (exact) mass is 380 g/mol. The van der Waals surface area contributed by atoms with Crippen molar-refractivity contribution in [2.24, 2.45) is 7.05 Å². The minimum absolute atomic E-state index is 0.173. The zero-order valence-electron chi connectivity index (χ0n) is 18.7. The van der Waals surface area contributed by atoms with Gasteiger partial charge in [-0.05, 0) is 53.5 Å². The van der Waals surface area contributed by atoms with E-state index in [9.17, 15) is 0 Å². The summed E-state index contributed by atoms with van der Waals surface area (Å²) in [6.07, 6.45) is 8.01. The summed E-state index contributed by atoms with van der Waals surface area (Å²) in [7, 11) is 0.827. The fraction of sp³-hybridized carbons (Fsp3) is 0.560. The maximum Gasteiger partial charge on any atom is 0.212 e. The molecule has 1 aromatic carbocycles. The lowest BCUT2D eigenvalue weighted by molar-refractivity contribution is -0.660. The molecule has 146 valence electrons. The summed E-state index contributed by atoms with van der Waals surface area (Å²) in [5, 5.41) is 1.67. The molecule has 0 aliphatic heterocycles. The van der Waals surface area contributed by atoms with Crippen LogP contribution in [0, 0.1) is 6.92 Å². The van der Waals surface area contributed by atoms with E-state index >= 15 is 0 Å². The highest BCUT2D eigenvalue weighted by molar-refractivity contribution is 6.89. The van der Waals surface area contributed by atoms with Crippen molar-refractivity contribution >= 4 is 13.3 Å². The van der Waals surface area contributed by atoms with Crippen LogP contribution in [0.5, 0.6) is 0 Å². The van der Waals surface area contributed by atoms with Gasteiger partial charge in [0.2, 0.25) is 5.69 Å². The molecule has 0 amide bonds. The second-order valence-electron chi connectivity index (χ2n) is 10.6. The molecule has 1 heterocycles. The summed E-state index contributed by atoms with van der Waals surface area (Å²) in [4.78, 5) is 0. The van der Waals surface area contributed by atoms with Crippen molar-refractivity contribution in [1.82, 2.24) is 0 Å². The van der Waals surface area contributed by atoms with Gasteiger partial charge < -0.3 is 0 Å². The van der Waals surface area contributed by atoms with Crippen LogP contribution in [0.3, 0.4) is 0 Å². The van der Waals surface area contributed by atoms with Gasteiger partial charge in [-0.25, -0.2) is 4.57 Å². The summed E-state index contributed by atoms with van der Waals surface area (Å²) in [5.41, 5.74) is 7.36. The lowest BCUT2D eigenvalue weighted by Crippen LogP contribution is -2.45. The number of hydrogen-bond donors (Lipinski definition) is 0. The number of pyridine rings is 1. The third-order valence-corrected chi connectivity index (χ3v) is 8.34. The van der Waals surface area contributed by atoms with Gasteiger partial charge in [0.25, 0.3) is 0 Å². The maximum atomic E-state index is 2.55. The molecule has 0 atom stereocenters. The highest BCUT2D eigenvalue weighted by Crippen LogP contribution is 2.35. The minimum atomic E-state index is -1.41. The Labute approximate surface area is 167 Å². The third kappa shape index (κ3) is 4.21. The average Bonchev–Trinajstić information content (AvgIpc) is 3.07. The standard InChI is InChI=1S/C25H38NSi/c1-18-13-14-20(25(2,3)4)15-21(18)23-16-24(27(6,7)8)22(17-26(23)5)19-11-9-10-12-19/h13-17,19H,9-12H2,1-8H3/q+1. The normalized spacial score (nSPS) is 16.1. The molecule has 0 radical (unpaired) electrons. The number of aromatic nitrogens is 1. The summed E-state index contributed by atoms with van der Waals surface area (Å²) < 4.78 is 2.39. The van der Waals surface area contributed by atoms with Crippen molar-refractivity contribution in [2.45, 2.75) is 84.4 Å². The third-order valence-electron chi connectivity index (χ3n) is 6.29. The van der Waals surface area contributed by atoms with Gasteiger partial charge >= 0.3 is 0 Å². The highest BCUT2D eigenvalue weighted by Gasteiger charge is 2.31. The topological polar surface area (TPSA) is 3.88 Å². The number of aryl methyl sites for hydroxylation is 2. The molecule has 0 unspecified atom stereocenters. The zero-order valence-corrected chi connectivity index (χ0v) is 19.7. The molecule has 0 N–H and O–H groups in total. The molecule has 1 nitrogen and oxygen atoms in total. The molecular formula is C25H38NSi+. The van der Waals surface area contributed by atoms with E-state index in [1.165, 1.54) is 48.1 Å². The average molecular weight is 381 g/mol. The zero-order chi connectivity index (χ0) is 20.0. The lowest BCUT2D eigenvalue weighted by atomic mass is 9.84. The van der Waals surface area contributed by atoms with Gasteiger partial charge in [0.05, 0.1) is 8.07 Å². The molecule has 27 heavy (non-hydrogen) atoms. The first kappa shape index (κ1) is 20.3.